The molecule has 5 nitrogen and oxygen atoms in total. The highest BCUT2D eigenvalue weighted by Gasteiger charge is 2.36. The average molecular weight is 482 g/mol. The molecule has 0 radical (unpaired) electrons. The normalized spacial score (nSPS) is 19.3. The number of nitrogens with zero attached hydrogens (tertiary/aromatic N) is 2. The van der Waals surface area contributed by atoms with Crippen molar-refractivity contribution in [3.8, 4) is 0 Å². The highest BCUT2D eigenvalue weighted by Crippen LogP contribution is 2.36. The first-order valence-electron chi connectivity index (χ1n) is 11.2. The predicted molar refractivity (Wildman–Crippen MR) is 120 cm³/mol. The Balaban J connectivity index is 1.35. The summed E-state index contributed by atoms with van der Waals surface area (Å²) in [6, 6.07) is 11.1. The summed E-state index contributed by atoms with van der Waals surface area (Å²) in [5.41, 5.74) is 0.213. The van der Waals surface area contributed by atoms with Gasteiger partial charge >= 0.3 is 6.18 Å². The van der Waals surface area contributed by atoms with Crippen LogP contribution in [0.4, 0.5) is 19.0 Å². The Morgan fingerprint density at radius 2 is 1.85 bits per heavy atom. The molecular formula is C24H27ClF3N3O2. The first-order valence-corrected chi connectivity index (χ1v) is 11.5. The van der Waals surface area contributed by atoms with Gasteiger partial charge in [-0.3, -0.25) is 4.79 Å². The van der Waals surface area contributed by atoms with E-state index >= 15 is 0 Å². The zero-order valence-electron chi connectivity index (χ0n) is 18.2. The third kappa shape index (κ3) is 5.44. The minimum absolute atomic E-state index is 0.0166. The van der Waals surface area contributed by atoms with E-state index in [0.717, 1.165) is 25.1 Å². The second-order valence-corrected chi connectivity index (χ2v) is 9.17. The predicted octanol–water partition coefficient (Wildman–Crippen LogP) is 4.83. The van der Waals surface area contributed by atoms with Crippen LogP contribution < -0.4 is 10.2 Å². The maximum absolute atomic E-state index is 13.0. The van der Waals surface area contributed by atoms with Gasteiger partial charge in [0.25, 0.3) is 0 Å². The average Bonchev–Trinajstić information content (AvgIpc) is 2.83. The molecule has 9 heteroatoms. The molecule has 1 aromatic heterocycles. The van der Waals surface area contributed by atoms with Gasteiger partial charge in [-0.05, 0) is 37.3 Å². The summed E-state index contributed by atoms with van der Waals surface area (Å²) in [4.78, 5) is 18.7. The molecule has 2 aliphatic heterocycles. The molecule has 0 saturated carbocycles. The van der Waals surface area contributed by atoms with Crippen LogP contribution in [0.15, 0.2) is 42.6 Å². The number of alkyl halides is 3. The number of rotatable bonds is 5. The van der Waals surface area contributed by atoms with E-state index in [1.165, 1.54) is 5.56 Å². The van der Waals surface area contributed by atoms with Gasteiger partial charge in [-0.1, -0.05) is 41.9 Å². The monoisotopic (exact) mass is 481 g/mol. The smallest absolute Gasteiger partial charge is 0.381 e. The molecule has 0 bridgehead atoms. The lowest BCUT2D eigenvalue weighted by molar-refractivity contribution is -0.137. The molecule has 0 spiro atoms. The summed E-state index contributed by atoms with van der Waals surface area (Å²) in [7, 11) is 0. The van der Waals surface area contributed by atoms with E-state index in [-0.39, 0.29) is 22.3 Å². The first kappa shape index (κ1) is 23.8. The van der Waals surface area contributed by atoms with E-state index in [2.05, 4.69) is 22.4 Å². The van der Waals surface area contributed by atoms with Crippen LogP contribution in [-0.2, 0) is 21.1 Å². The Hall–Kier alpha value is -2.32. The Labute approximate surface area is 196 Å². The molecule has 2 aliphatic rings. The lowest BCUT2D eigenvalue weighted by Crippen LogP contribution is -2.47. The summed E-state index contributed by atoms with van der Waals surface area (Å²) < 4.78 is 44.1. The number of carbonyl (C=O) groups is 1. The molecule has 1 N–H and O–H groups in total. The lowest BCUT2D eigenvalue weighted by Gasteiger charge is -2.39. The summed E-state index contributed by atoms with van der Waals surface area (Å²) >= 11 is 6.08. The number of hydrogen-bond acceptors (Lipinski definition) is 4. The fourth-order valence-electron chi connectivity index (χ4n) is 4.69. The van der Waals surface area contributed by atoms with Crippen molar-refractivity contribution in [2.45, 2.75) is 37.3 Å². The number of nitrogens with one attached hydrogen (secondary N) is 1. The Morgan fingerprint density at radius 3 is 2.45 bits per heavy atom. The number of piperidine rings is 1. The zero-order valence-corrected chi connectivity index (χ0v) is 19.0. The van der Waals surface area contributed by atoms with Gasteiger partial charge in [-0.25, -0.2) is 4.98 Å². The summed E-state index contributed by atoms with van der Waals surface area (Å²) in [6.45, 7) is 2.92. The Morgan fingerprint density at radius 1 is 1.18 bits per heavy atom. The molecule has 2 fully saturated rings. The van der Waals surface area contributed by atoms with Crippen LogP contribution in [0.3, 0.4) is 0 Å². The zero-order chi connectivity index (χ0) is 23.5. The standard InChI is InChI=1S/C24H27ClF3N3O2/c25-20-14-19(24(26,27)28)15-29-21(20)31-10-6-17(7-11-31)22(32)30-16-23(8-12-33-13-9-23)18-4-2-1-3-5-18/h1-5,14-15,17H,6-13,16H2,(H,30,32). The van der Waals surface area contributed by atoms with Gasteiger partial charge in [0.1, 0.15) is 5.82 Å². The number of benzene rings is 1. The molecule has 3 heterocycles. The third-order valence-electron chi connectivity index (χ3n) is 6.75. The molecule has 1 amide bonds. The van der Waals surface area contributed by atoms with Gasteiger partial charge in [0.15, 0.2) is 0 Å². The second-order valence-electron chi connectivity index (χ2n) is 8.77. The van der Waals surface area contributed by atoms with Crippen LogP contribution >= 0.6 is 11.6 Å². The van der Waals surface area contributed by atoms with E-state index in [1.807, 2.05) is 23.1 Å². The van der Waals surface area contributed by atoms with E-state index in [1.54, 1.807) is 0 Å². The lowest BCUT2D eigenvalue weighted by atomic mass is 9.74. The van der Waals surface area contributed by atoms with Gasteiger partial charge < -0.3 is 15.0 Å². The Kier molecular flexibility index (Phi) is 7.14. The molecule has 0 unspecified atom stereocenters. The van der Waals surface area contributed by atoms with Crippen LogP contribution in [-0.4, -0.2) is 43.7 Å². The number of amides is 1. The molecule has 178 valence electrons. The minimum Gasteiger partial charge on any atom is -0.381 e. The Bertz CT molecular complexity index is 957. The largest absolute Gasteiger partial charge is 0.417 e. The van der Waals surface area contributed by atoms with Crippen molar-refractivity contribution < 1.29 is 22.7 Å². The SMILES string of the molecule is O=C(NCC1(c2ccccc2)CCOCC1)C1CCN(c2ncc(C(F)(F)F)cc2Cl)CC1. The molecule has 0 aliphatic carbocycles. The van der Waals surface area contributed by atoms with Crippen molar-refractivity contribution in [1.29, 1.82) is 0 Å². The van der Waals surface area contributed by atoms with Crippen LogP contribution in [0.5, 0.6) is 0 Å². The molecule has 33 heavy (non-hydrogen) atoms. The molecule has 1 aromatic carbocycles. The highest BCUT2D eigenvalue weighted by atomic mass is 35.5. The van der Waals surface area contributed by atoms with Crippen LogP contribution in [0.2, 0.25) is 5.02 Å². The van der Waals surface area contributed by atoms with Gasteiger partial charge in [0.05, 0.1) is 10.6 Å². The maximum atomic E-state index is 13.0. The fraction of sp³-hybridized carbons (Fsp3) is 0.500. The van der Waals surface area contributed by atoms with Crippen molar-refractivity contribution in [2.24, 2.45) is 5.92 Å². The van der Waals surface area contributed by atoms with E-state index in [0.29, 0.717) is 51.5 Å². The van der Waals surface area contributed by atoms with Crippen molar-refractivity contribution in [3.05, 3.63) is 58.7 Å². The summed E-state index contributed by atoms with van der Waals surface area (Å²) in [6.07, 6.45) is -0.793. The van der Waals surface area contributed by atoms with Crippen LogP contribution in [0.25, 0.3) is 0 Å². The van der Waals surface area contributed by atoms with E-state index in [4.69, 9.17) is 16.3 Å². The topological polar surface area (TPSA) is 54.5 Å². The van der Waals surface area contributed by atoms with Gasteiger partial charge in [0.2, 0.25) is 5.91 Å². The van der Waals surface area contributed by atoms with E-state index < -0.39 is 11.7 Å². The molecule has 0 atom stereocenters. The fourth-order valence-corrected chi connectivity index (χ4v) is 4.98. The number of carbonyl (C=O) groups excluding carboxylic acids is 1. The molecule has 2 saturated heterocycles. The number of aromatic nitrogens is 1. The number of anilines is 1. The number of ether oxygens (including phenoxy) is 1. The number of pyridine rings is 1. The maximum Gasteiger partial charge on any atom is 0.417 e. The van der Waals surface area contributed by atoms with Crippen LogP contribution in [0, 0.1) is 5.92 Å². The minimum atomic E-state index is -4.48. The quantitative estimate of drug-likeness (QED) is 0.664. The van der Waals surface area contributed by atoms with Gasteiger partial charge in [-0.2, -0.15) is 13.2 Å². The number of halogens is 4. The van der Waals surface area contributed by atoms with Gasteiger partial charge in [0, 0.05) is 50.4 Å². The molecule has 4 rings (SSSR count). The van der Waals surface area contributed by atoms with Crippen molar-refractivity contribution in [3.63, 3.8) is 0 Å². The summed E-state index contributed by atoms with van der Waals surface area (Å²) in [5.74, 6) is 0.193. The second kappa shape index (κ2) is 9.89. The summed E-state index contributed by atoms with van der Waals surface area (Å²) in [5, 5.41) is 3.14. The highest BCUT2D eigenvalue weighted by molar-refractivity contribution is 6.33. The first-order chi connectivity index (χ1) is 15.8. The molecule has 2 aromatic rings. The van der Waals surface area contributed by atoms with Crippen molar-refractivity contribution in [2.75, 3.05) is 37.7 Å². The van der Waals surface area contributed by atoms with Crippen LogP contribution in [0.1, 0.15) is 36.8 Å². The molecular weight excluding hydrogens is 455 g/mol. The third-order valence-corrected chi connectivity index (χ3v) is 7.03. The van der Waals surface area contributed by atoms with Gasteiger partial charge in [-0.15, -0.1) is 0 Å². The van der Waals surface area contributed by atoms with Crippen molar-refractivity contribution in [1.82, 2.24) is 10.3 Å². The van der Waals surface area contributed by atoms with E-state index in [9.17, 15) is 18.0 Å². The number of hydrogen-bond donors (Lipinski definition) is 1. The van der Waals surface area contributed by atoms with Crippen molar-refractivity contribution >= 4 is 23.3 Å².